The van der Waals surface area contributed by atoms with Crippen LogP contribution in [0.25, 0.3) is 0 Å². The molecular formula is C20H17FN2O5. The Bertz CT molecular complexity index is 956. The molecule has 1 amide bonds. The zero-order chi connectivity index (χ0) is 20.1. The maximum absolute atomic E-state index is 13.8. The van der Waals surface area contributed by atoms with Gasteiger partial charge in [0.2, 0.25) is 11.7 Å². The molecule has 8 heteroatoms. The number of amides is 1. The second kappa shape index (κ2) is 8.34. The Hall–Kier alpha value is -3.68. The molecule has 7 nitrogen and oxygen atoms in total. The van der Waals surface area contributed by atoms with Gasteiger partial charge in [0, 0.05) is 5.69 Å². The van der Waals surface area contributed by atoms with Crippen molar-refractivity contribution in [2.45, 2.75) is 6.92 Å². The van der Waals surface area contributed by atoms with E-state index < -0.39 is 30.1 Å². The standard InChI is InChI=1S/C20H17FN2O5/c1-12-7-8-15(14(21)9-12)23-17(25)11-28-20(26)18-16(24)10-27-19(18)22-13-5-3-2-4-6-13/h2-9,22H,10-11H2,1H3,(H,23,25). The predicted octanol–water partition coefficient (Wildman–Crippen LogP) is 2.54. The number of Topliss-reactive ketones (excluding diaryl/α,β-unsaturated/α-hetero) is 1. The van der Waals surface area contributed by atoms with Gasteiger partial charge in [-0.2, -0.15) is 0 Å². The van der Waals surface area contributed by atoms with E-state index in [9.17, 15) is 18.8 Å². The summed E-state index contributed by atoms with van der Waals surface area (Å²) in [4.78, 5) is 36.1. The third-order valence-electron chi connectivity index (χ3n) is 3.82. The van der Waals surface area contributed by atoms with E-state index in [2.05, 4.69) is 10.6 Å². The molecule has 0 aliphatic carbocycles. The molecule has 0 bridgehead atoms. The summed E-state index contributed by atoms with van der Waals surface area (Å²) in [6.07, 6.45) is 0. The molecule has 144 valence electrons. The number of rotatable bonds is 6. The number of anilines is 2. The number of carbonyl (C=O) groups is 3. The van der Waals surface area contributed by atoms with E-state index in [-0.39, 0.29) is 23.8 Å². The van der Waals surface area contributed by atoms with Crippen LogP contribution < -0.4 is 10.6 Å². The SMILES string of the molecule is Cc1ccc(NC(=O)COC(=O)C2=C(Nc3ccccc3)OCC2=O)c(F)c1. The van der Waals surface area contributed by atoms with Gasteiger partial charge in [-0.05, 0) is 36.8 Å². The average Bonchev–Trinajstić information content (AvgIpc) is 3.03. The van der Waals surface area contributed by atoms with Crippen molar-refractivity contribution in [3.63, 3.8) is 0 Å². The molecule has 1 heterocycles. The highest BCUT2D eigenvalue weighted by Crippen LogP contribution is 2.20. The van der Waals surface area contributed by atoms with Gasteiger partial charge < -0.3 is 20.1 Å². The normalized spacial score (nSPS) is 13.1. The molecule has 3 rings (SSSR count). The van der Waals surface area contributed by atoms with Crippen molar-refractivity contribution in [1.82, 2.24) is 0 Å². The zero-order valence-corrected chi connectivity index (χ0v) is 15.0. The Morgan fingerprint density at radius 1 is 1.18 bits per heavy atom. The first kappa shape index (κ1) is 19.1. The Kier molecular flexibility index (Phi) is 5.69. The van der Waals surface area contributed by atoms with Crippen molar-refractivity contribution in [3.8, 4) is 0 Å². The fraction of sp³-hybridized carbons (Fsp3) is 0.150. The molecule has 0 atom stereocenters. The Morgan fingerprint density at radius 3 is 2.64 bits per heavy atom. The topological polar surface area (TPSA) is 93.7 Å². The number of aryl methyl sites for hydroxylation is 1. The Morgan fingerprint density at radius 2 is 1.93 bits per heavy atom. The van der Waals surface area contributed by atoms with Crippen LogP contribution in [0.15, 0.2) is 60.0 Å². The van der Waals surface area contributed by atoms with E-state index in [1.807, 2.05) is 6.07 Å². The largest absolute Gasteiger partial charge is 0.470 e. The molecule has 2 aromatic carbocycles. The Balaban J connectivity index is 1.63. The fourth-order valence-corrected chi connectivity index (χ4v) is 2.48. The van der Waals surface area contributed by atoms with Gasteiger partial charge in [-0.3, -0.25) is 9.59 Å². The number of ketones is 1. The number of para-hydroxylation sites is 1. The maximum Gasteiger partial charge on any atom is 0.347 e. The monoisotopic (exact) mass is 384 g/mol. The van der Waals surface area contributed by atoms with Crippen molar-refractivity contribution in [2.75, 3.05) is 23.8 Å². The van der Waals surface area contributed by atoms with Crippen molar-refractivity contribution in [1.29, 1.82) is 0 Å². The minimum absolute atomic E-state index is 0.0300. The van der Waals surface area contributed by atoms with Crippen molar-refractivity contribution in [3.05, 3.63) is 71.4 Å². The second-order valence-electron chi connectivity index (χ2n) is 6.01. The minimum atomic E-state index is -1.000. The van der Waals surface area contributed by atoms with Gasteiger partial charge >= 0.3 is 5.97 Å². The highest BCUT2D eigenvalue weighted by atomic mass is 19.1. The van der Waals surface area contributed by atoms with Gasteiger partial charge in [-0.25, -0.2) is 9.18 Å². The second-order valence-corrected chi connectivity index (χ2v) is 6.01. The third-order valence-corrected chi connectivity index (χ3v) is 3.82. The highest BCUT2D eigenvalue weighted by Gasteiger charge is 2.32. The number of hydrogen-bond donors (Lipinski definition) is 2. The van der Waals surface area contributed by atoms with E-state index >= 15 is 0 Å². The lowest BCUT2D eigenvalue weighted by Crippen LogP contribution is -2.24. The maximum atomic E-state index is 13.8. The number of ether oxygens (including phenoxy) is 2. The smallest absolute Gasteiger partial charge is 0.347 e. The molecule has 2 N–H and O–H groups in total. The van der Waals surface area contributed by atoms with Gasteiger partial charge in [-0.15, -0.1) is 0 Å². The number of carbonyl (C=O) groups excluding carboxylic acids is 3. The first-order valence-electron chi connectivity index (χ1n) is 8.39. The van der Waals surface area contributed by atoms with Gasteiger partial charge in [0.05, 0.1) is 5.69 Å². The van der Waals surface area contributed by atoms with Crippen molar-refractivity contribution < 1.29 is 28.2 Å². The fourth-order valence-electron chi connectivity index (χ4n) is 2.48. The molecule has 0 saturated heterocycles. The average molecular weight is 384 g/mol. The molecular weight excluding hydrogens is 367 g/mol. The summed E-state index contributed by atoms with van der Waals surface area (Å²) in [6, 6.07) is 13.1. The molecule has 0 spiro atoms. The number of halogens is 1. The lowest BCUT2D eigenvalue weighted by Gasteiger charge is -2.09. The van der Waals surface area contributed by atoms with Crippen LogP contribution in [-0.2, 0) is 23.9 Å². The Labute approximate surface area is 160 Å². The van der Waals surface area contributed by atoms with Crippen molar-refractivity contribution >= 4 is 29.0 Å². The van der Waals surface area contributed by atoms with Crippen LogP contribution >= 0.6 is 0 Å². The first-order valence-corrected chi connectivity index (χ1v) is 8.39. The van der Waals surface area contributed by atoms with E-state index in [0.717, 1.165) is 0 Å². The quantitative estimate of drug-likeness (QED) is 0.587. The highest BCUT2D eigenvalue weighted by molar-refractivity contribution is 6.20. The summed E-state index contributed by atoms with van der Waals surface area (Å²) >= 11 is 0. The minimum Gasteiger partial charge on any atom is -0.470 e. The summed E-state index contributed by atoms with van der Waals surface area (Å²) in [5.41, 5.74) is 0.980. The van der Waals surface area contributed by atoms with Crippen LogP contribution in [0.5, 0.6) is 0 Å². The van der Waals surface area contributed by atoms with Gasteiger partial charge in [-0.1, -0.05) is 24.3 Å². The molecule has 28 heavy (non-hydrogen) atoms. The van der Waals surface area contributed by atoms with Crippen LogP contribution in [0.4, 0.5) is 15.8 Å². The molecule has 0 saturated carbocycles. The predicted molar refractivity (Wildman–Crippen MR) is 98.8 cm³/mol. The summed E-state index contributed by atoms with van der Waals surface area (Å²) in [7, 11) is 0. The van der Waals surface area contributed by atoms with E-state index in [0.29, 0.717) is 11.3 Å². The van der Waals surface area contributed by atoms with E-state index in [1.165, 1.54) is 12.1 Å². The summed E-state index contributed by atoms with van der Waals surface area (Å²) in [5.74, 6) is -2.93. The van der Waals surface area contributed by atoms with Crippen molar-refractivity contribution in [2.24, 2.45) is 0 Å². The van der Waals surface area contributed by atoms with E-state index in [1.54, 1.807) is 37.3 Å². The lowest BCUT2D eigenvalue weighted by molar-refractivity contribution is -0.144. The summed E-state index contributed by atoms with van der Waals surface area (Å²) in [6.45, 7) is 0.730. The van der Waals surface area contributed by atoms with Gasteiger partial charge in [0.25, 0.3) is 5.91 Å². The van der Waals surface area contributed by atoms with Crippen LogP contribution in [0, 0.1) is 12.7 Å². The van der Waals surface area contributed by atoms with Crippen LogP contribution in [-0.4, -0.2) is 30.9 Å². The molecule has 2 aromatic rings. The van der Waals surface area contributed by atoms with Crippen LogP contribution in [0.3, 0.4) is 0 Å². The lowest BCUT2D eigenvalue weighted by atomic mass is 10.2. The number of esters is 1. The molecule has 0 radical (unpaired) electrons. The molecule has 1 aliphatic heterocycles. The molecule has 0 aromatic heterocycles. The molecule has 0 fully saturated rings. The summed E-state index contributed by atoms with van der Waals surface area (Å²) in [5, 5.41) is 5.13. The zero-order valence-electron chi connectivity index (χ0n) is 15.0. The number of benzene rings is 2. The first-order chi connectivity index (χ1) is 13.4. The number of nitrogens with one attached hydrogen (secondary N) is 2. The third kappa shape index (κ3) is 4.53. The number of hydrogen-bond acceptors (Lipinski definition) is 6. The molecule has 0 unspecified atom stereocenters. The summed E-state index contributed by atoms with van der Waals surface area (Å²) < 4.78 is 23.9. The van der Waals surface area contributed by atoms with Crippen LogP contribution in [0.1, 0.15) is 5.56 Å². The van der Waals surface area contributed by atoms with E-state index in [4.69, 9.17) is 9.47 Å². The van der Waals surface area contributed by atoms with Gasteiger partial charge in [0.15, 0.2) is 18.8 Å². The molecule has 1 aliphatic rings. The van der Waals surface area contributed by atoms with Crippen LogP contribution in [0.2, 0.25) is 0 Å². The van der Waals surface area contributed by atoms with Gasteiger partial charge in [0.1, 0.15) is 5.82 Å².